The highest BCUT2D eigenvalue weighted by Crippen LogP contribution is 2.33. The van der Waals surface area contributed by atoms with Gasteiger partial charge >= 0.3 is 0 Å². The Labute approximate surface area is 118 Å². The fourth-order valence-corrected chi connectivity index (χ4v) is 3.15. The van der Waals surface area contributed by atoms with E-state index in [4.69, 9.17) is 5.26 Å². The smallest absolute Gasteiger partial charge is 0.264 e. The van der Waals surface area contributed by atoms with Crippen molar-refractivity contribution < 1.29 is 0 Å². The number of pyridine rings is 1. The van der Waals surface area contributed by atoms with Crippen molar-refractivity contribution in [3.8, 4) is 6.19 Å². The molecule has 0 saturated carbocycles. The molecule has 0 N–H and O–H groups in total. The van der Waals surface area contributed by atoms with Crippen LogP contribution in [0.1, 0.15) is 34.7 Å². The molecular weight excluding hydrogens is 248 g/mol. The number of rotatable bonds is 1. The number of benzene rings is 1. The zero-order chi connectivity index (χ0) is 14.1. The van der Waals surface area contributed by atoms with E-state index in [1.54, 1.807) is 6.07 Å². The van der Waals surface area contributed by atoms with E-state index in [0.29, 0.717) is 5.92 Å². The lowest BCUT2D eigenvalue weighted by Gasteiger charge is -2.26. The Hall–Kier alpha value is -2.34. The third kappa shape index (κ3) is 2.04. The number of nitrogens with zero attached hydrogens (tertiary/aromatic N) is 2. The van der Waals surface area contributed by atoms with Gasteiger partial charge in [-0.3, -0.25) is 4.79 Å². The second kappa shape index (κ2) is 4.97. The zero-order valence-electron chi connectivity index (χ0n) is 11.5. The lowest BCUT2D eigenvalue weighted by atomic mass is 9.80. The molecule has 0 bridgehead atoms. The minimum atomic E-state index is -0.207. The molecule has 1 aromatic heterocycles. The van der Waals surface area contributed by atoms with Gasteiger partial charge in [-0.2, -0.15) is 5.26 Å². The number of hydrogen-bond donors (Lipinski definition) is 0. The van der Waals surface area contributed by atoms with E-state index in [0.717, 1.165) is 30.5 Å². The Kier molecular flexibility index (Phi) is 3.15. The summed E-state index contributed by atoms with van der Waals surface area (Å²) in [5.74, 6) is 0.479. The van der Waals surface area contributed by atoms with Gasteiger partial charge in [-0.1, -0.05) is 30.3 Å². The number of nitriles is 1. The molecule has 2 aromatic rings. The summed E-state index contributed by atoms with van der Waals surface area (Å²) in [6.07, 6.45) is 4.86. The highest BCUT2D eigenvalue weighted by molar-refractivity contribution is 5.37. The van der Waals surface area contributed by atoms with Gasteiger partial charge in [0.15, 0.2) is 6.19 Å². The van der Waals surface area contributed by atoms with Gasteiger partial charge in [0.25, 0.3) is 5.56 Å². The standard InChI is InChI=1S/C17H16N2O/c1-12-16-9-14(13-5-3-2-4-6-13)7-8-15(16)10-17(20)19(12)11-18/h2-6,10,14H,7-9H2,1H3. The molecule has 0 radical (unpaired) electrons. The first-order valence-electron chi connectivity index (χ1n) is 6.90. The van der Waals surface area contributed by atoms with Crippen LogP contribution < -0.4 is 5.56 Å². The van der Waals surface area contributed by atoms with E-state index in [-0.39, 0.29) is 5.56 Å². The molecule has 1 aromatic carbocycles. The molecule has 1 aliphatic rings. The zero-order valence-corrected chi connectivity index (χ0v) is 11.5. The van der Waals surface area contributed by atoms with Crippen molar-refractivity contribution in [2.75, 3.05) is 0 Å². The lowest BCUT2D eigenvalue weighted by Crippen LogP contribution is -2.25. The van der Waals surface area contributed by atoms with Crippen molar-refractivity contribution in [1.29, 1.82) is 5.26 Å². The largest absolute Gasteiger partial charge is 0.268 e. The van der Waals surface area contributed by atoms with E-state index < -0.39 is 0 Å². The molecule has 1 aliphatic carbocycles. The maximum absolute atomic E-state index is 11.8. The lowest BCUT2D eigenvalue weighted by molar-refractivity contribution is 0.576. The minimum Gasteiger partial charge on any atom is -0.268 e. The van der Waals surface area contributed by atoms with Crippen molar-refractivity contribution in [2.24, 2.45) is 0 Å². The summed E-state index contributed by atoms with van der Waals surface area (Å²) in [5.41, 5.74) is 4.22. The molecule has 1 atom stereocenters. The van der Waals surface area contributed by atoms with E-state index in [1.807, 2.05) is 19.2 Å². The van der Waals surface area contributed by atoms with Gasteiger partial charge in [0, 0.05) is 11.8 Å². The van der Waals surface area contributed by atoms with Crippen LogP contribution in [0, 0.1) is 18.4 Å². The molecule has 3 rings (SSSR count). The second-order valence-electron chi connectivity index (χ2n) is 5.36. The van der Waals surface area contributed by atoms with Crippen LogP contribution in [0.25, 0.3) is 0 Å². The highest BCUT2D eigenvalue weighted by atomic mass is 16.1. The maximum atomic E-state index is 11.8. The molecule has 0 aliphatic heterocycles. The van der Waals surface area contributed by atoms with Gasteiger partial charge in [-0.25, -0.2) is 4.57 Å². The van der Waals surface area contributed by atoms with Crippen LogP contribution in [-0.4, -0.2) is 4.57 Å². The van der Waals surface area contributed by atoms with Gasteiger partial charge in [0.1, 0.15) is 0 Å². The Morgan fingerprint density at radius 2 is 2.05 bits per heavy atom. The molecule has 3 heteroatoms. The van der Waals surface area contributed by atoms with Gasteiger partial charge in [-0.15, -0.1) is 0 Å². The van der Waals surface area contributed by atoms with Crippen molar-refractivity contribution in [2.45, 2.75) is 32.1 Å². The molecular formula is C17H16N2O. The normalized spacial score (nSPS) is 17.3. The van der Waals surface area contributed by atoms with E-state index in [2.05, 4.69) is 24.3 Å². The van der Waals surface area contributed by atoms with Gasteiger partial charge in [0.05, 0.1) is 0 Å². The summed E-state index contributed by atoms with van der Waals surface area (Å²) < 4.78 is 1.20. The number of hydrogen-bond acceptors (Lipinski definition) is 2. The number of aryl methyl sites for hydroxylation is 1. The molecule has 1 unspecified atom stereocenters. The molecule has 3 nitrogen and oxygen atoms in total. The van der Waals surface area contributed by atoms with Crippen molar-refractivity contribution in [3.05, 3.63) is 69.1 Å². The number of aromatic nitrogens is 1. The summed E-state index contributed by atoms with van der Waals surface area (Å²) in [7, 11) is 0. The summed E-state index contributed by atoms with van der Waals surface area (Å²) in [6, 6.07) is 12.1. The fraction of sp³-hybridized carbons (Fsp3) is 0.294. The molecule has 0 amide bonds. The monoisotopic (exact) mass is 264 g/mol. The van der Waals surface area contributed by atoms with Gasteiger partial charge in [0.2, 0.25) is 0 Å². The Balaban J connectivity index is 2.04. The molecule has 100 valence electrons. The minimum absolute atomic E-state index is 0.207. The maximum Gasteiger partial charge on any atom is 0.264 e. The average Bonchev–Trinajstić information content (AvgIpc) is 2.48. The molecule has 0 spiro atoms. The van der Waals surface area contributed by atoms with Crippen LogP contribution in [0.2, 0.25) is 0 Å². The Morgan fingerprint density at radius 1 is 1.30 bits per heavy atom. The van der Waals surface area contributed by atoms with Crippen molar-refractivity contribution in [1.82, 2.24) is 4.57 Å². The third-order valence-electron chi connectivity index (χ3n) is 4.26. The average molecular weight is 264 g/mol. The third-order valence-corrected chi connectivity index (χ3v) is 4.26. The molecule has 0 fully saturated rings. The molecule has 20 heavy (non-hydrogen) atoms. The number of fused-ring (bicyclic) bond motifs is 1. The van der Waals surface area contributed by atoms with Crippen LogP contribution in [-0.2, 0) is 12.8 Å². The van der Waals surface area contributed by atoms with Crippen LogP contribution in [0.15, 0.2) is 41.2 Å². The Morgan fingerprint density at radius 3 is 2.75 bits per heavy atom. The summed E-state index contributed by atoms with van der Waals surface area (Å²) in [5, 5.41) is 9.10. The van der Waals surface area contributed by atoms with Gasteiger partial charge in [-0.05, 0) is 48.8 Å². The van der Waals surface area contributed by atoms with Crippen LogP contribution in [0.3, 0.4) is 0 Å². The van der Waals surface area contributed by atoms with Crippen LogP contribution in [0.5, 0.6) is 0 Å². The quantitative estimate of drug-likeness (QED) is 0.795. The fourth-order valence-electron chi connectivity index (χ4n) is 3.15. The predicted molar refractivity (Wildman–Crippen MR) is 77.7 cm³/mol. The van der Waals surface area contributed by atoms with Gasteiger partial charge < -0.3 is 0 Å². The second-order valence-corrected chi connectivity index (χ2v) is 5.36. The van der Waals surface area contributed by atoms with E-state index >= 15 is 0 Å². The van der Waals surface area contributed by atoms with E-state index in [1.165, 1.54) is 15.7 Å². The first-order valence-corrected chi connectivity index (χ1v) is 6.90. The Bertz CT molecular complexity index is 738. The SMILES string of the molecule is Cc1c2c(cc(=O)n1C#N)CCC(c1ccccc1)C2. The highest BCUT2D eigenvalue weighted by Gasteiger charge is 2.23. The molecule has 1 heterocycles. The summed E-state index contributed by atoms with van der Waals surface area (Å²) >= 11 is 0. The summed E-state index contributed by atoms with van der Waals surface area (Å²) in [6.45, 7) is 1.87. The van der Waals surface area contributed by atoms with E-state index in [9.17, 15) is 4.79 Å². The first kappa shape index (κ1) is 12.7. The topological polar surface area (TPSA) is 45.8 Å². The summed E-state index contributed by atoms with van der Waals surface area (Å²) in [4.78, 5) is 11.8. The molecule has 0 saturated heterocycles. The van der Waals surface area contributed by atoms with Crippen LogP contribution >= 0.6 is 0 Å². The predicted octanol–water partition coefficient (Wildman–Crippen LogP) is 2.76. The van der Waals surface area contributed by atoms with Crippen molar-refractivity contribution >= 4 is 0 Å². The van der Waals surface area contributed by atoms with Crippen molar-refractivity contribution in [3.63, 3.8) is 0 Å². The first-order chi connectivity index (χ1) is 9.70. The van der Waals surface area contributed by atoms with Crippen LogP contribution in [0.4, 0.5) is 0 Å².